The summed E-state index contributed by atoms with van der Waals surface area (Å²) in [6.45, 7) is 2.91. The highest BCUT2D eigenvalue weighted by molar-refractivity contribution is 5.98. The predicted octanol–water partition coefficient (Wildman–Crippen LogP) is 2.34. The van der Waals surface area contributed by atoms with E-state index in [0.29, 0.717) is 37.3 Å². The minimum absolute atomic E-state index is 0.155. The maximum Gasteiger partial charge on any atom is 0.289 e. The van der Waals surface area contributed by atoms with Crippen LogP contribution in [0.1, 0.15) is 52.2 Å². The van der Waals surface area contributed by atoms with E-state index >= 15 is 0 Å². The fourth-order valence-corrected chi connectivity index (χ4v) is 4.62. The summed E-state index contributed by atoms with van der Waals surface area (Å²) in [4.78, 5) is 42.7. The van der Waals surface area contributed by atoms with E-state index in [4.69, 9.17) is 9.15 Å². The molecule has 32 heavy (non-hydrogen) atoms. The first-order valence-electron chi connectivity index (χ1n) is 11.1. The molecular weight excluding hydrogens is 410 g/mol. The van der Waals surface area contributed by atoms with E-state index in [1.54, 1.807) is 28.0 Å². The minimum Gasteiger partial charge on any atom is -0.459 e. The van der Waals surface area contributed by atoms with Crippen LogP contribution in [-0.2, 0) is 9.53 Å². The van der Waals surface area contributed by atoms with Crippen LogP contribution in [0.15, 0.2) is 47.1 Å². The molecule has 8 heteroatoms. The van der Waals surface area contributed by atoms with Gasteiger partial charge in [-0.3, -0.25) is 19.3 Å². The molecule has 3 fully saturated rings. The number of piperidine rings is 1. The van der Waals surface area contributed by atoms with Crippen LogP contribution in [0.4, 0.5) is 0 Å². The molecule has 168 valence electrons. The number of amides is 3. The largest absolute Gasteiger partial charge is 0.459 e. The lowest BCUT2D eigenvalue weighted by atomic mass is 9.96. The van der Waals surface area contributed by atoms with Crippen molar-refractivity contribution >= 4 is 17.7 Å². The molecule has 8 nitrogen and oxygen atoms in total. The third kappa shape index (κ3) is 3.79. The second kappa shape index (κ2) is 8.09. The van der Waals surface area contributed by atoms with Gasteiger partial charge in [0.1, 0.15) is 11.8 Å². The Bertz CT molecular complexity index is 1020. The van der Waals surface area contributed by atoms with Gasteiger partial charge in [-0.25, -0.2) is 0 Å². The molecule has 1 spiro atoms. The number of nitrogens with zero attached hydrogens (tertiary/aromatic N) is 2. The van der Waals surface area contributed by atoms with Crippen molar-refractivity contribution < 1.29 is 23.5 Å². The van der Waals surface area contributed by atoms with Gasteiger partial charge in [-0.1, -0.05) is 17.7 Å². The molecule has 1 atom stereocenters. The van der Waals surface area contributed by atoms with Crippen LogP contribution in [-0.4, -0.2) is 65.0 Å². The quantitative estimate of drug-likeness (QED) is 0.793. The highest BCUT2D eigenvalue weighted by Gasteiger charge is 2.54. The predicted molar refractivity (Wildman–Crippen MR) is 115 cm³/mol. The van der Waals surface area contributed by atoms with Gasteiger partial charge in [0.05, 0.1) is 12.9 Å². The topological polar surface area (TPSA) is 92.1 Å². The number of hydrogen-bond donors (Lipinski definition) is 1. The van der Waals surface area contributed by atoms with E-state index in [1.807, 2.05) is 25.1 Å². The van der Waals surface area contributed by atoms with Crippen LogP contribution >= 0.6 is 0 Å². The van der Waals surface area contributed by atoms with Crippen LogP contribution in [0.25, 0.3) is 0 Å². The molecule has 1 saturated carbocycles. The molecule has 1 aromatic carbocycles. The zero-order chi connectivity index (χ0) is 22.3. The summed E-state index contributed by atoms with van der Waals surface area (Å²) in [5.74, 6) is -0.266. The van der Waals surface area contributed by atoms with Crippen LogP contribution in [0.2, 0.25) is 0 Å². The summed E-state index contributed by atoms with van der Waals surface area (Å²) in [6, 6.07) is 10.2. The number of hydrogen-bond acceptors (Lipinski definition) is 5. The Morgan fingerprint density at radius 3 is 2.50 bits per heavy atom. The molecule has 2 aromatic rings. The summed E-state index contributed by atoms with van der Waals surface area (Å²) in [5, 5.41) is 3.02. The normalized spacial score (nSPS) is 22.2. The molecule has 5 rings (SSSR count). The van der Waals surface area contributed by atoms with Crippen LogP contribution in [0.5, 0.6) is 0 Å². The van der Waals surface area contributed by atoms with E-state index in [9.17, 15) is 14.4 Å². The van der Waals surface area contributed by atoms with Gasteiger partial charge in [0, 0.05) is 37.5 Å². The van der Waals surface area contributed by atoms with Crippen LogP contribution < -0.4 is 5.32 Å². The lowest BCUT2D eigenvalue weighted by Crippen LogP contribution is -2.60. The number of carbonyl (C=O) groups is 3. The van der Waals surface area contributed by atoms with Crippen molar-refractivity contribution in [3.05, 3.63) is 59.5 Å². The first-order chi connectivity index (χ1) is 15.5. The molecule has 3 heterocycles. The second-order valence-corrected chi connectivity index (χ2v) is 8.87. The number of carbonyl (C=O) groups excluding carboxylic acids is 3. The van der Waals surface area contributed by atoms with E-state index in [2.05, 4.69) is 5.32 Å². The van der Waals surface area contributed by atoms with Crippen molar-refractivity contribution in [3.63, 3.8) is 0 Å². The Kier molecular flexibility index (Phi) is 5.25. The maximum absolute atomic E-state index is 13.7. The van der Waals surface area contributed by atoms with Gasteiger partial charge in [0.2, 0.25) is 5.91 Å². The average molecular weight is 437 g/mol. The first-order valence-corrected chi connectivity index (χ1v) is 11.1. The SMILES string of the molecule is Cc1cccc(C(=O)N2[C@H](C(=O)NC3CC3)COC23CCN(C(=O)c2ccco2)CC3)c1. The third-order valence-electron chi connectivity index (χ3n) is 6.53. The van der Waals surface area contributed by atoms with Crippen LogP contribution in [0, 0.1) is 6.92 Å². The molecule has 0 radical (unpaired) electrons. The number of likely N-dealkylation sites (tertiary alicyclic amines) is 1. The van der Waals surface area contributed by atoms with Crippen molar-refractivity contribution in [2.24, 2.45) is 0 Å². The highest BCUT2D eigenvalue weighted by Crippen LogP contribution is 2.39. The van der Waals surface area contributed by atoms with Crippen molar-refractivity contribution in [1.82, 2.24) is 15.1 Å². The molecule has 0 bridgehead atoms. The smallest absolute Gasteiger partial charge is 0.289 e. The number of nitrogens with one attached hydrogen (secondary N) is 1. The highest BCUT2D eigenvalue weighted by atomic mass is 16.5. The fraction of sp³-hybridized carbons (Fsp3) is 0.458. The Morgan fingerprint density at radius 2 is 1.84 bits per heavy atom. The number of benzene rings is 1. The Labute approximate surface area is 186 Å². The second-order valence-electron chi connectivity index (χ2n) is 8.87. The summed E-state index contributed by atoms with van der Waals surface area (Å²) in [6.07, 6.45) is 4.29. The molecule has 1 aromatic heterocycles. The monoisotopic (exact) mass is 437 g/mol. The number of aryl methyl sites for hydroxylation is 1. The lowest BCUT2D eigenvalue weighted by molar-refractivity contribution is -0.128. The van der Waals surface area contributed by atoms with Gasteiger partial charge in [0.25, 0.3) is 11.8 Å². The van der Waals surface area contributed by atoms with E-state index in [1.165, 1.54) is 6.26 Å². The molecule has 3 aliphatic rings. The number of rotatable bonds is 4. The average Bonchev–Trinajstić information content (AvgIpc) is 3.30. The maximum atomic E-state index is 13.7. The Hall–Kier alpha value is -3.13. The molecule has 2 aliphatic heterocycles. The van der Waals surface area contributed by atoms with E-state index < -0.39 is 11.8 Å². The lowest BCUT2D eigenvalue weighted by Gasteiger charge is -2.44. The molecule has 1 aliphatic carbocycles. The number of furan rings is 1. The Balaban J connectivity index is 1.39. The van der Waals surface area contributed by atoms with Crippen molar-refractivity contribution in [2.75, 3.05) is 19.7 Å². The first kappa shape index (κ1) is 20.8. The van der Waals surface area contributed by atoms with Gasteiger partial charge >= 0.3 is 0 Å². The Morgan fingerprint density at radius 1 is 1.06 bits per heavy atom. The molecular formula is C24H27N3O5. The summed E-state index contributed by atoms with van der Waals surface area (Å²) in [7, 11) is 0. The molecule has 1 N–H and O–H groups in total. The van der Waals surface area contributed by atoms with Gasteiger partial charge in [0.15, 0.2) is 5.76 Å². The van der Waals surface area contributed by atoms with Gasteiger partial charge in [-0.15, -0.1) is 0 Å². The van der Waals surface area contributed by atoms with Crippen molar-refractivity contribution in [3.8, 4) is 0 Å². The third-order valence-corrected chi connectivity index (χ3v) is 6.53. The number of ether oxygens (including phenoxy) is 1. The zero-order valence-electron chi connectivity index (χ0n) is 18.1. The van der Waals surface area contributed by atoms with Crippen molar-refractivity contribution in [2.45, 2.75) is 50.4 Å². The molecule has 3 amide bonds. The standard InChI is InChI=1S/C24H27N3O5/c1-16-4-2-5-17(14-16)22(29)27-19(21(28)25-18-7-8-18)15-32-24(27)9-11-26(12-10-24)23(30)20-6-3-13-31-20/h2-6,13-14,18-19H,7-12,15H2,1H3,(H,25,28)/t19-/m0/s1. The van der Waals surface area contributed by atoms with Crippen LogP contribution in [0.3, 0.4) is 0 Å². The summed E-state index contributed by atoms with van der Waals surface area (Å²) in [5.41, 5.74) is 0.600. The summed E-state index contributed by atoms with van der Waals surface area (Å²) < 4.78 is 11.4. The molecule has 0 unspecified atom stereocenters. The zero-order valence-corrected chi connectivity index (χ0v) is 18.1. The van der Waals surface area contributed by atoms with Gasteiger partial charge in [-0.05, 0) is 44.0 Å². The minimum atomic E-state index is -0.910. The van der Waals surface area contributed by atoms with Gasteiger partial charge < -0.3 is 19.4 Å². The summed E-state index contributed by atoms with van der Waals surface area (Å²) >= 11 is 0. The van der Waals surface area contributed by atoms with E-state index in [0.717, 1.165) is 18.4 Å². The molecule has 2 saturated heterocycles. The van der Waals surface area contributed by atoms with Crippen molar-refractivity contribution in [1.29, 1.82) is 0 Å². The van der Waals surface area contributed by atoms with Gasteiger partial charge in [-0.2, -0.15) is 0 Å². The van der Waals surface area contributed by atoms with E-state index in [-0.39, 0.29) is 30.4 Å². The fourth-order valence-electron chi connectivity index (χ4n) is 4.62.